The van der Waals surface area contributed by atoms with E-state index >= 15 is 0 Å². The van der Waals surface area contributed by atoms with Crippen LogP contribution in [0.3, 0.4) is 0 Å². The average molecular weight is 219 g/mol. The van der Waals surface area contributed by atoms with Crippen molar-refractivity contribution in [1.29, 1.82) is 0 Å². The van der Waals surface area contributed by atoms with Crippen LogP contribution in [0.1, 0.15) is 48.6 Å². The number of aryl methyl sites for hydroxylation is 2. The molecule has 1 aromatic carbocycles. The van der Waals surface area contributed by atoms with Crippen LogP contribution in [0.5, 0.6) is 0 Å². The molecular weight excluding hydrogens is 198 g/mol. The van der Waals surface area contributed by atoms with E-state index in [4.69, 9.17) is 5.73 Å². The zero-order chi connectivity index (χ0) is 12.1. The van der Waals surface area contributed by atoms with Gasteiger partial charge in [0.05, 0.1) is 6.10 Å². The highest BCUT2D eigenvalue weighted by Gasteiger charge is 2.37. The first-order valence-electron chi connectivity index (χ1n) is 5.88. The van der Waals surface area contributed by atoms with E-state index in [0.717, 1.165) is 12.0 Å². The molecule has 0 heterocycles. The number of hydrogen-bond donors (Lipinski definition) is 2. The molecule has 1 aliphatic rings. The van der Waals surface area contributed by atoms with E-state index in [2.05, 4.69) is 39.8 Å². The summed E-state index contributed by atoms with van der Waals surface area (Å²) in [4.78, 5) is 0. The van der Waals surface area contributed by atoms with Crippen LogP contribution in [-0.2, 0) is 5.41 Å². The molecule has 2 rings (SSSR count). The van der Waals surface area contributed by atoms with E-state index in [0.29, 0.717) is 0 Å². The smallest absolute Gasteiger partial charge is 0.0944 e. The first-order chi connectivity index (χ1) is 7.33. The lowest BCUT2D eigenvalue weighted by Crippen LogP contribution is -2.41. The molecule has 3 N–H and O–H groups in total. The lowest BCUT2D eigenvalue weighted by molar-refractivity contribution is 0.115. The summed E-state index contributed by atoms with van der Waals surface area (Å²) in [5.41, 5.74) is 10.9. The largest absolute Gasteiger partial charge is 0.387 e. The molecule has 0 spiro atoms. The third-order valence-corrected chi connectivity index (χ3v) is 3.66. The molecule has 0 saturated heterocycles. The molecule has 0 saturated carbocycles. The van der Waals surface area contributed by atoms with Crippen molar-refractivity contribution >= 4 is 0 Å². The standard InChI is InChI=1S/C14H21NO/c1-8-5-9(2)12-10(6-8)13(16)11(15)7-14(12,3)4/h5-6,11,13,16H,7,15H2,1-4H3. The zero-order valence-corrected chi connectivity index (χ0v) is 10.5. The molecule has 0 radical (unpaired) electrons. The van der Waals surface area contributed by atoms with Gasteiger partial charge in [-0.15, -0.1) is 0 Å². The zero-order valence-electron chi connectivity index (χ0n) is 10.5. The van der Waals surface area contributed by atoms with E-state index in [-0.39, 0.29) is 11.5 Å². The quantitative estimate of drug-likeness (QED) is 0.703. The highest BCUT2D eigenvalue weighted by atomic mass is 16.3. The molecular formula is C14H21NO. The Hall–Kier alpha value is -0.860. The van der Waals surface area contributed by atoms with Gasteiger partial charge < -0.3 is 10.8 Å². The van der Waals surface area contributed by atoms with Crippen molar-refractivity contribution in [2.75, 3.05) is 0 Å². The molecule has 2 unspecified atom stereocenters. The summed E-state index contributed by atoms with van der Waals surface area (Å²) < 4.78 is 0. The van der Waals surface area contributed by atoms with E-state index in [1.807, 2.05) is 0 Å². The van der Waals surface area contributed by atoms with E-state index in [9.17, 15) is 5.11 Å². The molecule has 88 valence electrons. The SMILES string of the molecule is Cc1cc(C)c2c(c1)C(O)C(N)CC2(C)C. The van der Waals surface area contributed by atoms with Gasteiger partial charge in [0.25, 0.3) is 0 Å². The van der Waals surface area contributed by atoms with Crippen molar-refractivity contribution in [2.24, 2.45) is 5.73 Å². The van der Waals surface area contributed by atoms with E-state index in [1.165, 1.54) is 16.7 Å². The molecule has 0 fully saturated rings. The minimum Gasteiger partial charge on any atom is -0.387 e. The summed E-state index contributed by atoms with van der Waals surface area (Å²) in [6.07, 6.45) is 0.326. The highest BCUT2D eigenvalue weighted by Crippen LogP contribution is 2.42. The van der Waals surface area contributed by atoms with E-state index in [1.54, 1.807) is 0 Å². The lowest BCUT2D eigenvalue weighted by atomic mass is 9.68. The fraction of sp³-hybridized carbons (Fsp3) is 0.571. The maximum absolute atomic E-state index is 10.2. The topological polar surface area (TPSA) is 46.2 Å². The Morgan fingerprint density at radius 2 is 1.94 bits per heavy atom. The van der Waals surface area contributed by atoms with Gasteiger partial charge in [-0.1, -0.05) is 31.5 Å². The molecule has 1 aliphatic carbocycles. The van der Waals surface area contributed by atoms with Crippen LogP contribution in [0.4, 0.5) is 0 Å². The second-order valence-electron chi connectivity index (χ2n) is 5.74. The van der Waals surface area contributed by atoms with Crippen LogP contribution in [0.2, 0.25) is 0 Å². The van der Waals surface area contributed by atoms with Crippen LogP contribution in [0.25, 0.3) is 0 Å². The molecule has 0 amide bonds. The first-order valence-corrected chi connectivity index (χ1v) is 5.88. The number of hydrogen-bond acceptors (Lipinski definition) is 2. The monoisotopic (exact) mass is 219 g/mol. The summed E-state index contributed by atoms with van der Waals surface area (Å²) in [5, 5.41) is 10.2. The number of aliphatic hydroxyl groups is 1. The second kappa shape index (κ2) is 3.57. The third-order valence-electron chi connectivity index (χ3n) is 3.66. The van der Waals surface area contributed by atoms with Gasteiger partial charge in [0.2, 0.25) is 0 Å². The molecule has 1 aromatic rings. The fourth-order valence-electron chi connectivity index (χ4n) is 3.19. The number of fused-ring (bicyclic) bond motifs is 1. The molecule has 2 atom stereocenters. The lowest BCUT2D eigenvalue weighted by Gasteiger charge is -2.40. The fourth-order valence-corrected chi connectivity index (χ4v) is 3.19. The van der Waals surface area contributed by atoms with Crippen molar-refractivity contribution in [3.8, 4) is 0 Å². The van der Waals surface area contributed by atoms with Gasteiger partial charge in [-0.25, -0.2) is 0 Å². The number of aliphatic hydroxyl groups excluding tert-OH is 1. The van der Waals surface area contributed by atoms with Gasteiger partial charge >= 0.3 is 0 Å². The Balaban J connectivity index is 2.68. The van der Waals surface area contributed by atoms with Crippen molar-refractivity contribution in [1.82, 2.24) is 0 Å². The van der Waals surface area contributed by atoms with Crippen molar-refractivity contribution < 1.29 is 5.11 Å². The van der Waals surface area contributed by atoms with Crippen molar-refractivity contribution in [3.05, 3.63) is 34.4 Å². The van der Waals surface area contributed by atoms with Gasteiger partial charge in [0, 0.05) is 6.04 Å². The minimum absolute atomic E-state index is 0.0613. The van der Waals surface area contributed by atoms with Crippen LogP contribution >= 0.6 is 0 Å². The van der Waals surface area contributed by atoms with Crippen molar-refractivity contribution in [2.45, 2.75) is 51.7 Å². The Kier molecular flexibility index (Phi) is 2.59. The number of benzene rings is 1. The maximum Gasteiger partial charge on any atom is 0.0944 e. The highest BCUT2D eigenvalue weighted by molar-refractivity contribution is 5.46. The van der Waals surface area contributed by atoms with Gasteiger partial charge in [-0.2, -0.15) is 0 Å². The average Bonchev–Trinajstić information content (AvgIpc) is 2.11. The van der Waals surface area contributed by atoms with Gasteiger partial charge in [-0.05, 0) is 42.4 Å². The van der Waals surface area contributed by atoms with Gasteiger partial charge in [0.1, 0.15) is 0 Å². The summed E-state index contributed by atoms with van der Waals surface area (Å²) >= 11 is 0. The molecule has 2 heteroatoms. The van der Waals surface area contributed by atoms with Crippen LogP contribution in [-0.4, -0.2) is 11.1 Å². The van der Waals surface area contributed by atoms with Gasteiger partial charge in [0.15, 0.2) is 0 Å². The van der Waals surface area contributed by atoms with Crippen molar-refractivity contribution in [3.63, 3.8) is 0 Å². The van der Waals surface area contributed by atoms with E-state index < -0.39 is 6.10 Å². The summed E-state index contributed by atoms with van der Waals surface area (Å²) in [7, 11) is 0. The predicted molar refractivity (Wildman–Crippen MR) is 66.5 cm³/mol. The molecule has 0 aliphatic heterocycles. The van der Waals surface area contributed by atoms with Crippen LogP contribution in [0.15, 0.2) is 12.1 Å². The van der Waals surface area contributed by atoms with Crippen LogP contribution in [0, 0.1) is 13.8 Å². The summed E-state index contributed by atoms with van der Waals surface area (Å²) in [6, 6.07) is 4.11. The summed E-state index contributed by atoms with van der Waals surface area (Å²) in [6.45, 7) is 8.60. The maximum atomic E-state index is 10.2. The third kappa shape index (κ3) is 1.66. The summed E-state index contributed by atoms with van der Waals surface area (Å²) in [5.74, 6) is 0. The first kappa shape index (κ1) is 11.6. The predicted octanol–water partition coefficient (Wildman–Crippen LogP) is 2.35. The second-order valence-corrected chi connectivity index (χ2v) is 5.74. The normalized spacial score (nSPS) is 27.6. The van der Waals surface area contributed by atoms with Crippen LogP contribution < -0.4 is 5.73 Å². The Bertz CT molecular complexity index is 423. The Morgan fingerprint density at radius 3 is 2.56 bits per heavy atom. The molecule has 16 heavy (non-hydrogen) atoms. The number of rotatable bonds is 0. The molecule has 2 nitrogen and oxygen atoms in total. The molecule has 0 aromatic heterocycles. The molecule has 0 bridgehead atoms. The minimum atomic E-state index is -0.512. The Labute approximate surface area is 97.5 Å². The van der Waals surface area contributed by atoms with Gasteiger partial charge in [-0.3, -0.25) is 0 Å². The number of nitrogens with two attached hydrogens (primary N) is 1. The Morgan fingerprint density at radius 1 is 1.31 bits per heavy atom.